The molecule has 0 atom stereocenters. The molecule has 1 aliphatic rings. The van der Waals surface area contributed by atoms with Gasteiger partial charge in [0.2, 0.25) is 5.91 Å². The van der Waals surface area contributed by atoms with E-state index in [2.05, 4.69) is 60.2 Å². The first-order chi connectivity index (χ1) is 13.4. The molecular weight excluding hydrogens is 370 g/mol. The molecule has 1 N–H and O–H groups in total. The van der Waals surface area contributed by atoms with Gasteiger partial charge in [0.25, 0.3) is 0 Å². The van der Waals surface area contributed by atoms with Crippen LogP contribution >= 0.6 is 11.8 Å². The topological polar surface area (TPSA) is 54.5 Å². The second-order valence-electron chi connectivity index (χ2n) is 7.93. The van der Waals surface area contributed by atoms with Crippen molar-refractivity contribution in [3.63, 3.8) is 0 Å². The molecule has 0 radical (unpaired) electrons. The first-order valence-electron chi connectivity index (χ1n) is 9.70. The van der Waals surface area contributed by atoms with Crippen LogP contribution in [0.25, 0.3) is 0 Å². The number of anilines is 1. The first-order valence-corrected chi connectivity index (χ1v) is 10.7. The molecule has 0 unspecified atom stereocenters. The van der Waals surface area contributed by atoms with E-state index in [-0.39, 0.29) is 11.3 Å². The summed E-state index contributed by atoms with van der Waals surface area (Å²) in [6, 6.07) is 12.4. The molecule has 0 bridgehead atoms. The molecular formula is C22H29N3O2S. The summed E-state index contributed by atoms with van der Waals surface area (Å²) in [6.07, 6.45) is 1.80. The van der Waals surface area contributed by atoms with E-state index in [9.17, 15) is 4.79 Å². The number of nitrogens with one attached hydrogen (secondary N) is 1. The minimum absolute atomic E-state index is 0.0293. The third kappa shape index (κ3) is 5.72. The Labute approximate surface area is 171 Å². The van der Waals surface area contributed by atoms with Crippen molar-refractivity contribution in [1.82, 2.24) is 10.3 Å². The maximum atomic E-state index is 12.3. The Morgan fingerprint density at radius 1 is 1.18 bits per heavy atom. The van der Waals surface area contributed by atoms with Gasteiger partial charge >= 0.3 is 0 Å². The summed E-state index contributed by atoms with van der Waals surface area (Å²) in [5.41, 5.74) is 2.48. The van der Waals surface area contributed by atoms with Gasteiger partial charge in [0, 0.05) is 36.3 Å². The smallest absolute Gasteiger partial charge is 0.230 e. The van der Waals surface area contributed by atoms with Gasteiger partial charge in [-0.3, -0.25) is 4.79 Å². The van der Waals surface area contributed by atoms with Crippen LogP contribution in [0.15, 0.2) is 47.5 Å². The molecule has 1 aromatic heterocycles. The summed E-state index contributed by atoms with van der Waals surface area (Å²) < 4.78 is 5.42. The number of pyridine rings is 1. The molecule has 2 aromatic rings. The molecule has 2 heterocycles. The third-order valence-electron chi connectivity index (χ3n) is 4.74. The van der Waals surface area contributed by atoms with Gasteiger partial charge in [0.1, 0.15) is 5.82 Å². The number of amides is 1. The van der Waals surface area contributed by atoms with Crippen LogP contribution in [0.5, 0.6) is 0 Å². The Morgan fingerprint density at radius 2 is 1.89 bits per heavy atom. The SMILES string of the molecule is CC(C)(C)c1ccc(SCC(=O)NCc2cccnc2N2CCOCC2)cc1. The normalized spacial score (nSPS) is 14.8. The van der Waals surface area contributed by atoms with Crippen molar-refractivity contribution in [2.75, 3.05) is 37.0 Å². The second kappa shape index (κ2) is 9.43. The molecule has 5 nitrogen and oxygen atoms in total. The Bertz CT molecular complexity index is 781. The molecule has 3 rings (SSSR count). The van der Waals surface area contributed by atoms with Crippen LogP contribution in [0.4, 0.5) is 5.82 Å². The number of morpholine rings is 1. The van der Waals surface area contributed by atoms with Crippen molar-refractivity contribution in [1.29, 1.82) is 0 Å². The van der Waals surface area contributed by atoms with E-state index in [0.29, 0.717) is 25.5 Å². The fraction of sp³-hybridized carbons (Fsp3) is 0.455. The number of hydrogen-bond donors (Lipinski definition) is 1. The number of ether oxygens (including phenoxy) is 1. The molecule has 6 heteroatoms. The van der Waals surface area contributed by atoms with Gasteiger partial charge in [0.05, 0.1) is 19.0 Å². The van der Waals surface area contributed by atoms with E-state index in [1.807, 2.05) is 12.1 Å². The van der Waals surface area contributed by atoms with E-state index in [1.54, 1.807) is 18.0 Å². The summed E-state index contributed by atoms with van der Waals surface area (Å²) in [5.74, 6) is 1.38. The van der Waals surface area contributed by atoms with Gasteiger partial charge in [-0.1, -0.05) is 39.0 Å². The largest absolute Gasteiger partial charge is 0.378 e. The maximum absolute atomic E-state index is 12.3. The van der Waals surface area contributed by atoms with Gasteiger partial charge in [-0.05, 0) is 29.2 Å². The van der Waals surface area contributed by atoms with Crippen molar-refractivity contribution in [2.45, 2.75) is 37.6 Å². The zero-order valence-corrected chi connectivity index (χ0v) is 17.7. The number of aromatic nitrogens is 1. The summed E-state index contributed by atoms with van der Waals surface area (Å²) in [7, 11) is 0. The molecule has 1 amide bonds. The highest BCUT2D eigenvalue weighted by molar-refractivity contribution is 8.00. The number of rotatable bonds is 6. The number of benzene rings is 1. The molecule has 1 aliphatic heterocycles. The number of hydrogen-bond acceptors (Lipinski definition) is 5. The van der Waals surface area contributed by atoms with E-state index in [0.717, 1.165) is 29.4 Å². The monoisotopic (exact) mass is 399 g/mol. The van der Waals surface area contributed by atoms with Crippen LogP contribution in [0.3, 0.4) is 0 Å². The molecule has 1 aromatic carbocycles. The van der Waals surface area contributed by atoms with E-state index in [4.69, 9.17) is 4.74 Å². The Balaban J connectivity index is 1.51. The Kier molecular flexibility index (Phi) is 6.97. The Morgan fingerprint density at radius 3 is 2.57 bits per heavy atom. The molecule has 1 fully saturated rings. The van der Waals surface area contributed by atoms with Crippen LogP contribution in [-0.4, -0.2) is 42.9 Å². The summed E-state index contributed by atoms with van der Waals surface area (Å²) in [6.45, 7) is 10.2. The lowest BCUT2D eigenvalue weighted by Crippen LogP contribution is -2.38. The third-order valence-corrected chi connectivity index (χ3v) is 5.76. The molecule has 150 valence electrons. The quantitative estimate of drug-likeness (QED) is 0.752. The van der Waals surface area contributed by atoms with Gasteiger partial charge in [-0.25, -0.2) is 4.98 Å². The van der Waals surface area contributed by atoms with Gasteiger partial charge in [0.15, 0.2) is 0 Å². The number of carbonyl (C=O) groups excluding carboxylic acids is 1. The zero-order chi connectivity index (χ0) is 20.0. The lowest BCUT2D eigenvalue weighted by molar-refractivity contribution is -0.118. The fourth-order valence-electron chi connectivity index (χ4n) is 3.07. The highest BCUT2D eigenvalue weighted by Gasteiger charge is 2.16. The average molecular weight is 400 g/mol. The second-order valence-corrected chi connectivity index (χ2v) is 8.97. The van der Waals surface area contributed by atoms with Gasteiger partial charge in [-0.2, -0.15) is 0 Å². The van der Waals surface area contributed by atoms with Crippen molar-refractivity contribution >= 4 is 23.5 Å². The molecule has 0 aliphatic carbocycles. The van der Waals surface area contributed by atoms with Gasteiger partial charge in [-0.15, -0.1) is 11.8 Å². The predicted octanol–water partition coefficient (Wildman–Crippen LogP) is 3.62. The highest BCUT2D eigenvalue weighted by atomic mass is 32.2. The average Bonchev–Trinajstić information content (AvgIpc) is 2.71. The molecule has 0 spiro atoms. The molecule has 28 heavy (non-hydrogen) atoms. The highest BCUT2D eigenvalue weighted by Crippen LogP contribution is 2.25. The fourth-order valence-corrected chi connectivity index (χ4v) is 3.80. The number of carbonyl (C=O) groups is 1. The summed E-state index contributed by atoms with van der Waals surface area (Å²) in [4.78, 5) is 20.2. The van der Waals surface area contributed by atoms with Crippen LogP contribution in [0.1, 0.15) is 31.9 Å². The molecule has 0 saturated carbocycles. The van der Waals surface area contributed by atoms with Crippen molar-refractivity contribution in [3.8, 4) is 0 Å². The predicted molar refractivity (Wildman–Crippen MR) is 115 cm³/mol. The van der Waals surface area contributed by atoms with Crippen molar-refractivity contribution < 1.29 is 9.53 Å². The number of thioether (sulfide) groups is 1. The zero-order valence-electron chi connectivity index (χ0n) is 16.9. The summed E-state index contributed by atoms with van der Waals surface area (Å²) >= 11 is 1.56. The lowest BCUT2D eigenvalue weighted by Gasteiger charge is -2.29. The van der Waals surface area contributed by atoms with Crippen LogP contribution in [0.2, 0.25) is 0 Å². The minimum atomic E-state index is 0.0293. The summed E-state index contributed by atoms with van der Waals surface area (Å²) in [5, 5.41) is 3.03. The van der Waals surface area contributed by atoms with Gasteiger partial charge < -0.3 is 15.0 Å². The van der Waals surface area contributed by atoms with Crippen molar-refractivity contribution in [2.24, 2.45) is 0 Å². The minimum Gasteiger partial charge on any atom is -0.378 e. The van der Waals surface area contributed by atoms with Crippen LogP contribution in [0, 0.1) is 0 Å². The van der Waals surface area contributed by atoms with E-state index >= 15 is 0 Å². The molecule has 1 saturated heterocycles. The van der Waals surface area contributed by atoms with E-state index < -0.39 is 0 Å². The Hall–Kier alpha value is -2.05. The van der Waals surface area contributed by atoms with Crippen LogP contribution < -0.4 is 10.2 Å². The standard InChI is InChI=1S/C22H29N3O2S/c1-22(2,3)18-6-8-19(9-7-18)28-16-20(26)24-15-17-5-4-10-23-21(17)25-11-13-27-14-12-25/h4-10H,11-16H2,1-3H3,(H,24,26). The van der Waals surface area contributed by atoms with Crippen molar-refractivity contribution in [3.05, 3.63) is 53.7 Å². The number of nitrogens with zero attached hydrogens (tertiary/aromatic N) is 2. The van der Waals surface area contributed by atoms with Crippen LogP contribution in [-0.2, 0) is 21.5 Å². The lowest BCUT2D eigenvalue weighted by atomic mass is 9.87. The first kappa shape index (κ1) is 20.7. The maximum Gasteiger partial charge on any atom is 0.230 e. The van der Waals surface area contributed by atoms with E-state index in [1.165, 1.54) is 5.56 Å².